The summed E-state index contributed by atoms with van der Waals surface area (Å²) >= 11 is 0. The van der Waals surface area contributed by atoms with E-state index in [1.165, 1.54) is 24.9 Å². The summed E-state index contributed by atoms with van der Waals surface area (Å²) in [5, 5.41) is 3.60. The van der Waals surface area contributed by atoms with Crippen molar-refractivity contribution in [2.24, 2.45) is 0 Å². The average Bonchev–Trinajstić information content (AvgIpc) is 3.10. The van der Waals surface area contributed by atoms with Crippen LogP contribution < -0.4 is 10.1 Å². The molecule has 1 N–H and O–H groups in total. The summed E-state index contributed by atoms with van der Waals surface area (Å²) in [6, 6.07) is 23.6. The molecule has 1 aliphatic rings. The van der Waals surface area contributed by atoms with Crippen LogP contribution in [0.3, 0.4) is 0 Å². The minimum absolute atomic E-state index is 0.633. The molecule has 0 aliphatic heterocycles. The van der Waals surface area contributed by atoms with Crippen molar-refractivity contribution >= 4 is 11.3 Å². The summed E-state index contributed by atoms with van der Waals surface area (Å²) in [6.45, 7) is 0. The highest BCUT2D eigenvalue weighted by molar-refractivity contribution is 5.82. The van der Waals surface area contributed by atoms with Gasteiger partial charge in [-0.2, -0.15) is 0 Å². The molecular weight excluding hydrogens is 346 g/mol. The fourth-order valence-electron chi connectivity index (χ4n) is 3.74. The molecule has 0 radical (unpaired) electrons. The molecule has 1 fully saturated rings. The highest BCUT2D eigenvalue weighted by Crippen LogP contribution is 2.34. The van der Waals surface area contributed by atoms with Crippen LogP contribution in [-0.4, -0.2) is 22.5 Å². The van der Waals surface area contributed by atoms with E-state index in [0.717, 1.165) is 33.9 Å². The minimum Gasteiger partial charge on any atom is -0.497 e. The van der Waals surface area contributed by atoms with Gasteiger partial charge in [-0.3, -0.25) is 4.40 Å². The summed E-state index contributed by atoms with van der Waals surface area (Å²) in [7, 11) is 1.68. The number of anilines is 1. The third kappa shape index (κ3) is 3.01. The molecule has 1 aliphatic carbocycles. The first kappa shape index (κ1) is 16.9. The van der Waals surface area contributed by atoms with Gasteiger partial charge in [0, 0.05) is 35.1 Å². The van der Waals surface area contributed by atoms with Gasteiger partial charge in [-0.1, -0.05) is 42.5 Å². The van der Waals surface area contributed by atoms with Gasteiger partial charge in [0.1, 0.15) is 11.4 Å². The van der Waals surface area contributed by atoms with E-state index in [0.29, 0.717) is 6.04 Å². The predicted octanol–water partition coefficient (Wildman–Crippen LogP) is 5.64. The van der Waals surface area contributed by atoms with Gasteiger partial charge < -0.3 is 10.1 Å². The van der Waals surface area contributed by atoms with Crippen LogP contribution in [0.4, 0.5) is 5.69 Å². The van der Waals surface area contributed by atoms with Crippen molar-refractivity contribution < 1.29 is 4.74 Å². The lowest BCUT2D eigenvalue weighted by Gasteiger charge is -2.27. The molecule has 4 aromatic rings. The van der Waals surface area contributed by atoms with Gasteiger partial charge in [-0.05, 0) is 37.5 Å². The van der Waals surface area contributed by atoms with Gasteiger partial charge in [-0.25, -0.2) is 4.98 Å². The van der Waals surface area contributed by atoms with E-state index in [9.17, 15) is 0 Å². The molecule has 5 rings (SSSR count). The Morgan fingerprint density at radius 3 is 2.43 bits per heavy atom. The molecule has 2 heterocycles. The lowest BCUT2D eigenvalue weighted by Crippen LogP contribution is -2.26. The van der Waals surface area contributed by atoms with E-state index in [1.54, 1.807) is 7.11 Å². The number of fused-ring (bicyclic) bond motifs is 1. The Morgan fingerprint density at radius 2 is 1.75 bits per heavy atom. The van der Waals surface area contributed by atoms with Crippen molar-refractivity contribution in [3.63, 3.8) is 0 Å². The smallest absolute Gasteiger partial charge is 0.141 e. The largest absolute Gasteiger partial charge is 0.497 e. The number of benzene rings is 2. The summed E-state index contributed by atoms with van der Waals surface area (Å²) in [4.78, 5) is 4.95. The minimum atomic E-state index is 0.633. The number of pyridine rings is 1. The van der Waals surface area contributed by atoms with Crippen LogP contribution in [0.5, 0.6) is 5.75 Å². The second kappa shape index (κ2) is 7.04. The van der Waals surface area contributed by atoms with Gasteiger partial charge >= 0.3 is 0 Å². The third-order valence-electron chi connectivity index (χ3n) is 5.51. The molecule has 1 saturated carbocycles. The summed E-state index contributed by atoms with van der Waals surface area (Å²) in [6.07, 6.45) is 5.91. The van der Waals surface area contributed by atoms with Crippen molar-refractivity contribution in [1.82, 2.24) is 9.38 Å². The Labute approximate surface area is 164 Å². The van der Waals surface area contributed by atoms with Crippen LogP contribution in [0.2, 0.25) is 0 Å². The first-order valence-corrected chi connectivity index (χ1v) is 9.80. The molecule has 0 amide bonds. The van der Waals surface area contributed by atoms with Crippen molar-refractivity contribution in [2.75, 3.05) is 12.4 Å². The molecule has 0 atom stereocenters. The molecule has 0 spiro atoms. The number of rotatable bonds is 5. The third-order valence-corrected chi connectivity index (χ3v) is 5.51. The molecule has 0 unspecified atom stereocenters. The zero-order chi connectivity index (χ0) is 18.9. The number of ether oxygens (including phenoxy) is 1. The molecule has 0 saturated heterocycles. The lowest BCUT2D eigenvalue weighted by atomic mass is 9.93. The monoisotopic (exact) mass is 369 g/mol. The number of hydrogen-bond donors (Lipinski definition) is 1. The predicted molar refractivity (Wildman–Crippen MR) is 114 cm³/mol. The highest BCUT2D eigenvalue weighted by Gasteiger charge is 2.18. The number of aromatic nitrogens is 2. The van der Waals surface area contributed by atoms with Crippen LogP contribution in [0.15, 0.2) is 72.9 Å². The average molecular weight is 369 g/mol. The maximum atomic E-state index is 5.39. The maximum absolute atomic E-state index is 5.39. The van der Waals surface area contributed by atoms with Crippen molar-refractivity contribution in [2.45, 2.75) is 25.3 Å². The summed E-state index contributed by atoms with van der Waals surface area (Å²) in [5.41, 5.74) is 6.39. The molecule has 4 nitrogen and oxygen atoms in total. The van der Waals surface area contributed by atoms with Crippen molar-refractivity contribution in [3.05, 3.63) is 72.9 Å². The Hall–Kier alpha value is -3.27. The van der Waals surface area contributed by atoms with E-state index in [2.05, 4.69) is 58.2 Å². The van der Waals surface area contributed by atoms with Gasteiger partial charge in [0.25, 0.3) is 0 Å². The molecule has 28 heavy (non-hydrogen) atoms. The lowest BCUT2D eigenvalue weighted by molar-refractivity contribution is 0.414. The van der Waals surface area contributed by atoms with Gasteiger partial charge in [0.05, 0.1) is 18.5 Å². The fourth-order valence-corrected chi connectivity index (χ4v) is 3.74. The second-order valence-corrected chi connectivity index (χ2v) is 7.32. The van der Waals surface area contributed by atoms with E-state index in [1.807, 2.05) is 24.4 Å². The maximum Gasteiger partial charge on any atom is 0.141 e. The van der Waals surface area contributed by atoms with Crippen LogP contribution in [0.1, 0.15) is 19.3 Å². The van der Waals surface area contributed by atoms with E-state index in [4.69, 9.17) is 9.72 Å². The molecule has 4 heteroatoms. The molecule has 2 aromatic heterocycles. The molecule has 2 aromatic carbocycles. The Kier molecular flexibility index (Phi) is 4.24. The number of nitrogens with one attached hydrogen (secondary N) is 1. The van der Waals surface area contributed by atoms with E-state index in [-0.39, 0.29) is 0 Å². The Morgan fingerprint density at radius 1 is 0.964 bits per heavy atom. The number of nitrogens with zero attached hydrogens (tertiary/aromatic N) is 2. The van der Waals surface area contributed by atoms with Crippen LogP contribution in [-0.2, 0) is 0 Å². The second-order valence-electron chi connectivity index (χ2n) is 7.32. The van der Waals surface area contributed by atoms with Crippen LogP contribution in [0.25, 0.3) is 28.2 Å². The van der Waals surface area contributed by atoms with Crippen LogP contribution in [0, 0.1) is 0 Å². The highest BCUT2D eigenvalue weighted by atomic mass is 16.5. The first-order chi connectivity index (χ1) is 13.8. The molecule has 0 bridgehead atoms. The Balaban J connectivity index is 1.61. The van der Waals surface area contributed by atoms with E-state index < -0.39 is 0 Å². The van der Waals surface area contributed by atoms with Gasteiger partial charge in [0.15, 0.2) is 0 Å². The number of hydrogen-bond acceptors (Lipinski definition) is 3. The number of imidazole rings is 1. The van der Waals surface area contributed by atoms with Crippen LogP contribution >= 0.6 is 0 Å². The molecular formula is C24H23N3O. The van der Waals surface area contributed by atoms with Gasteiger partial charge in [-0.15, -0.1) is 0 Å². The van der Waals surface area contributed by atoms with Crippen molar-refractivity contribution in [3.8, 4) is 28.3 Å². The van der Waals surface area contributed by atoms with Crippen molar-refractivity contribution in [1.29, 1.82) is 0 Å². The Bertz CT molecular complexity index is 1100. The quantitative estimate of drug-likeness (QED) is 0.495. The SMILES string of the molecule is COc1ccn2c(-c3ccccc3)c(-c3ccc(NC4CCC4)cc3)nc2c1. The summed E-state index contributed by atoms with van der Waals surface area (Å²) in [5.74, 6) is 0.809. The standard InChI is InChI=1S/C24H23N3O/c1-28-21-14-15-27-22(16-21)26-23(24(27)18-6-3-2-4-7-18)17-10-12-20(13-11-17)25-19-8-5-9-19/h2-4,6-7,10-16,19,25H,5,8-9H2,1H3. The summed E-state index contributed by atoms with van der Waals surface area (Å²) < 4.78 is 7.52. The van der Waals surface area contributed by atoms with Gasteiger partial charge in [0.2, 0.25) is 0 Å². The zero-order valence-corrected chi connectivity index (χ0v) is 15.9. The van der Waals surface area contributed by atoms with E-state index >= 15 is 0 Å². The zero-order valence-electron chi connectivity index (χ0n) is 15.9. The fraction of sp³-hybridized carbons (Fsp3) is 0.208. The molecule has 140 valence electrons. The first-order valence-electron chi connectivity index (χ1n) is 9.80. The topological polar surface area (TPSA) is 38.6 Å². The normalized spacial score (nSPS) is 14.0. The number of methoxy groups -OCH3 is 1.